The van der Waals surface area contributed by atoms with E-state index in [2.05, 4.69) is 0 Å². The third kappa shape index (κ3) is 3.07. The lowest BCUT2D eigenvalue weighted by Gasteiger charge is -2.37. The molecule has 38 heavy (non-hydrogen) atoms. The quantitative estimate of drug-likeness (QED) is 0.195. The molecule has 1 aromatic heterocycles. The Labute approximate surface area is 233 Å². The standard InChI is InChI=1S/C31H19Cl2NO3S/c32-19-6-3-5-18(16-19)26-27(28(35)24-9-4-14-38-24)34-23-12-11-20(33)15-17(23)10-13-25(34)31(26)29(36)21-7-1-2-8-22(21)30(31)37/h1-16,25-27H/t25-,26+,27-/m1/s1. The lowest BCUT2D eigenvalue weighted by molar-refractivity contribution is 0.0666. The number of carbonyl (C=O) groups is 3. The predicted octanol–water partition coefficient (Wildman–Crippen LogP) is 7.37. The van der Waals surface area contributed by atoms with Gasteiger partial charge in [0, 0.05) is 32.8 Å². The van der Waals surface area contributed by atoms with Crippen LogP contribution in [0.4, 0.5) is 5.69 Å². The minimum absolute atomic E-state index is 0.139. The van der Waals surface area contributed by atoms with Gasteiger partial charge in [0.2, 0.25) is 0 Å². The Morgan fingerprint density at radius 2 is 1.58 bits per heavy atom. The Bertz CT molecular complexity index is 1660. The number of anilines is 1. The lowest BCUT2D eigenvalue weighted by atomic mass is 9.64. The van der Waals surface area contributed by atoms with Gasteiger partial charge in [-0.1, -0.05) is 77.8 Å². The molecule has 186 valence electrons. The van der Waals surface area contributed by atoms with Gasteiger partial charge in [-0.25, -0.2) is 0 Å². The maximum absolute atomic E-state index is 14.5. The van der Waals surface area contributed by atoms with Crippen LogP contribution in [0.25, 0.3) is 6.08 Å². The van der Waals surface area contributed by atoms with Gasteiger partial charge in [-0.3, -0.25) is 14.4 Å². The smallest absolute Gasteiger partial charge is 0.195 e. The Kier molecular flexibility index (Phi) is 5.28. The van der Waals surface area contributed by atoms with Crippen molar-refractivity contribution in [2.24, 2.45) is 5.41 Å². The maximum atomic E-state index is 14.5. The molecule has 3 aliphatic rings. The van der Waals surface area contributed by atoms with Gasteiger partial charge < -0.3 is 4.90 Å². The number of hydrogen-bond acceptors (Lipinski definition) is 5. The summed E-state index contributed by atoms with van der Waals surface area (Å²) in [6.07, 6.45) is 3.79. The number of thiophene rings is 1. The Morgan fingerprint density at radius 1 is 0.842 bits per heavy atom. The third-order valence-electron chi connectivity index (χ3n) is 8.01. The molecule has 4 aromatic rings. The minimum Gasteiger partial charge on any atom is -0.352 e. The van der Waals surface area contributed by atoms with Crippen LogP contribution in [0.1, 0.15) is 47.4 Å². The van der Waals surface area contributed by atoms with Crippen molar-refractivity contribution in [2.45, 2.75) is 18.0 Å². The molecule has 1 saturated heterocycles. The van der Waals surface area contributed by atoms with Crippen LogP contribution in [0.15, 0.2) is 90.3 Å². The first-order valence-electron chi connectivity index (χ1n) is 12.2. The maximum Gasteiger partial charge on any atom is 0.195 e. The van der Waals surface area contributed by atoms with E-state index in [0.717, 1.165) is 11.3 Å². The molecule has 0 N–H and O–H groups in total. The first-order valence-corrected chi connectivity index (χ1v) is 13.8. The number of ketones is 3. The number of nitrogens with zero attached hydrogens (tertiary/aromatic N) is 1. The molecule has 3 aromatic carbocycles. The summed E-state index contributed by atoms with van der Waals surface area (Å²) in [5.74, 6) is -1.44. The van der Waals surface area contributed by atoms with Crippen molar-refractivity contribution in [3.05, 3.63) is 127 Å². The van der Waals surface area contributed by atoms with Gasteiger partial charge in [-0.05, 0) is 52.9 Å². The van der Waals surface area contributed by atoms with Gasteiger partial charge in [0.05, 0.1) is 10.9 Å². The Morgan fingerprint density at radius 3 is 2.26 bits per heavy atom. The van der Waals surface area contributed by atoms with Gasteiger partial charge in [-0.2, -0.15) is 0 Å². The monoisotopic (exact) mass is 555 g/mol. The van der Waals surface area contributed by atoms with Crippen molar-refractivity contribution in [2.75, 3.05) is 4.90 Å². The van der Waals surface area contributed by atoms with Crippen molar-refractivity contribution in [1.29, 1.82) is 0 Å². The zero-order valence-electron chi connectivity index (χ0n) is 19.8. The van der Waals surface area contributed by atoms with E-state index in [1.165, 1.54) is 11.3 Å². The van der Waals surface area contributed by atoms with Crippen molar-refractivity contribution in [3.63, 3.8) is 0 Å². The Balaban J connectivity index is 1.57. The Hall–Kier alpha value is -3.51. The fourth-order valence-corrected chi connectivity index (χ4v) is 7.66. The van der Waals surface area contributed by atoms with E-state index in [-0.39, 0.29) is 17.3 Å². The fourth-order valence-electron chi connectivity index (χ4n) is 6.59. The summed E-state index contributed by atoms with van der Waals surface area (Å²) in [4.78, 5) is 46.0. The van der Waals surface area contributed by atoms with E-state index >= 15 is 0 Å². The van der Waals surface area contributed by atoms with Crippen LogP contribution < -0.4 is 4.90 Å². The molecule has 0 radical (unpaired) electrons. The normalized spacial score (nSPS) is 22.5. The highest BCUT2D eigenvalue weighted by atomic mass is 35.5. The number of halogens is 2. The molecule has 4 nitrogen and oxygen atoms in total. The molecule has 0 saturated carbocycles. The van der Waals surface area contributed by atoms with Crippen LogP contribution in [-0.4, -0.2) is 29.4 Å². The predicted molar refractivity (Wildman–Crippen MR) is 151 cm³/mol. The van der Waals surface area contributed by atoms with E-state index in [9.17, 15) is 14.4 Å². The minimum atomic E-state index is -1.54. The van der Waals surface area contributed by atoms with Crippen LogP contribution in [0.5, 0.6) is 0 Å². The molecule has 3 atom stereocenters. The molecule has 0 amide bonds. The molecule has 2 aliphatic heterocycles. The number of hydrogen-bond donors (Lipinski definition) is 0. The molecule has 3 heterocycles. The van der Waals surface area contributed by atoms with Crippen LogP contribution in [0.2, 0.25) is 10.0 Å². The highest BCUT2D eigenvalue weighted by molar-refractivity contribution is 7.12. The summed E-state index contributed by atoms with van der Waals surface area (Å²) in [7, 11) is 0. The molecule has 0 unspecified atom stereocenters. The summed E-state index contributed by atoms with van der Waals surface area (Å²) < 4.78 is 0. The number of benzene rings is 3. The lowest BCUT2D eigenvalue weighted by Crippen LogP contribution is -2.48. The van der Waals surface area contributed by atoms with Crippen molar-refractivity contribution >= 4 is 63.7 Å². The van der Waals surface area contributed by atoms with E-state index in [4.69, 9.17) is 23.2 Å². The molecule has 1 spiro atoms. The van der Waals surface area contributed by atoms with Crippen LogP contribution in [0.3, 0.4) is 0 Å². The van der Waals surface area contributed by atoms with Gasteiger partial charge in [0.15, 0.2) is 17.3 Å². The molecule has 7 heteroatoms. The second kappa shape index (κ2) is 8.50. The summed E-state index contributed by atoms with van der Waals surface area (Å²) in [6, 6.07) is 21.7. The number of rotatable bonds is 3. The van der Waals surface area contributed by atoms with E-state index in [0.29, 0.717) is 31.6 Å². The third-order valence-corrected chi connectivity index (χ3v) is 9.36. The first kappa shape index (κ1) is 23.6. The topological polar surface area (TPSA) is 54.5 Å². The largest absolute Gasteiger partial charge is 0.352 e. The summed E-state index contributed by atoms with van der Waals surface area (Å²) in [6.45, 7) is 0. The molecule has 0 bridgehead atoms. The van der Waals surface area contributed by atoms with E-state index < -0.39 is 23.4 Å². The van der Waals surface area contributed by atoms with Crippen LogP contribution >= 0.6 is 34.5 Å². The van der Waals surface area contributed by atoms with Gasteiger partial charge in [-0.15, -0.1) is 11.3 Å². The number of Topliss-reactive ketones (excluding diaryl/α,β-unsaturated/α-hetero) is 3. The van der Waals surface area contributed by atoms with Crippen molar-refractivity contribution in [3.8, 4) is 0 Å². The fraction of sp³-hybridized carbons (Fsp3) is 0.129. The van der Waals surface area contributed by atoms with Gasteiger partial charge in [0.25, 0.3) is 0 Å². The molecule has 1 fully saturated rings. The second-order valence-electron chi connectivity index (χ2n) is 9.81. The molecule has 7 rings (SSSR count). The van der Waals surface area contributed by atoms with Crippen molar-refractivity contribution < 1.29 is 14.4 Å². The SMILES string of the molecule is O=C(c1cccs1)[C@H]1[C@H](c2cccc(Cl)c2)C2(C(=O)c3ccccc3C2=O)[C@H]2C=Cc3cc(Cl)ccc3N12. The molecule has 1 aliphatic carbocycles. The second-order valence-corrected chi connectivity index (χ2v) is 11.6. The average molecular weight is 556 g/mol. The average Bonchev–Trinajstić information content (AvgIpc) is 3.62. The van der Waals surface area contributed by atoms with E-state index in [1.807, 2.05) is 46.7 Å². The zero-order valence-corrected chi connectivity index (χ0v) is 22.1. The highest BCUT2D eigenvalue weighted by Crippen LogP contribution is 2.61. The summed E-state index contributed by atoms with van der Waals surface area (Å²) >= 11 is 14.1. The zero-order chi connectivity index (χ0) is 26.2. The highest BCUT2D eigenvalue weighted by Gasteiger charge is 2.71. The summed E-state index contributed by atoms with van der Waals surface area (Å²) in [5, 5.41) is 2.90. The van der Waals surface area contributed by atoms with Gasteiger partial charge >= 0.3 is 0 Å². The first-order chi connectivity index (χ1) is 18.4. The summed E-state index contributed by atoms with van der Waals surface area (Å²) in [5.41, 5.74) is 1.51. The molecular formula is C31H19Cl2NO3S. The van der Waals surface area contributed by atoms with Crippen LogP contribution in [0, 0.1) is 5.41 Å². The van der Waals surface area contributed by atoms with Gasteiger partial charge in [0.1, 0.15) is 11.5 Å². The number of fused-ring (bicyclic) bond motifs is 5. The van der Waals surface area contributed by atoms with E-state index in [1.54, 1.807) is 54.6 Å². The van der Waals surface area contributed by atoms with Crippen LogP contribution in [-0.2, 0) is 0 Å². The molecular weight excluding hydrogens is 537 g/mol. The number of carbonyl (C=O) groups excluding carboxylic acids is 3. The van der Waals surface area contributed by atoms with Crippen molar-refractivity contribution in [1.82, 2.24) is 0 Å².